The molecule has 3 heterocycles. The number of imidazole rings is 1. The summed E-state index contributed by atoms with van der Waals surface area (Å²) in [7, 11) is 0. The Hall–Kier alpha value is -2.58. The minimum absolute atomic E-state index is 0. The molecule has 0 unspecified atom stereocenters. The molecule has 0 saturated carbocycles. The summed E-state index contributed by atoms with van der Waals surface area (Å²) >= 11 is 1.57. The normalized spacial score (nSPS) is 10.6. The van der Waals surface area contributed by atoms with E-state index in [0.29, 0.717) is 6.42 Å². The molecular weight excluding hydrogens is 404 g/mol. The van der Waals surface area contributed by atoms with E-state index >= 15 is 0 Å². The minimum Gasteiger partial charge on any atom is -0.307 e. The first kappa shape index (κ1) is 17.2. The lowest BCUT2D eigenvalue weighted by molar-refractivity contribution is -0.384. The summed E-state index contributed by atoms with van der Waals surface area (Å²) < 4.78 is 1.99. The molecular formula is C17H13BrN4O2S. The number of rotatable bonds is 4. The first-order chi connectivity index (χ1) is 11.7. The lowest BCUT2D eigenvalue weighted by atomic mass is 10.1. The van der Waals surface area contributed by atoms with Crippen LogP contribution >= 0.6 is 28.3 Å². The van der Waals surface area contributed by atoms with Crippen LogP contribution in [0.2, 0.25) is 0 Å². The number of pyridine rings is 1. The number of nitro benzene ring substituents is 1. The molecule has 0 N–H and O–H groups in total. The quantitative estimate of drug-likeness (QED) is 0.361. The van der Waals surface area contributed by atoms with Crippen LogP contribution in [0.25, 0.3) is 16.9 Å². The second-order valence-corrected chi connectivity index (χ2v) is 6.25. The SMILES string of the molecule is Br.O=[N+]([O-])c1ccc(-c2csc(Cc3cn4ccccc4n3)n2)cc1. The van der Waals surface area contributed by atoms with Crippen LogP contribution in [0.4, 0.5) is 5.69 Å². The molecule has 0 saturated heterocycles. The van der Waals surface area contributed by atoms with E-state index in [1.54, 1.807) is 23.5 Å². The second kappa shape index (κ2) is 7.12. The van der Waals surface area contributed by atoms with Gasteiger partial charge in [-0.25, -0.2) is 9.97 Å². The third-order valence-electron chi connectivity index (χ3n) is 3.67. The number of fused-ring (bicyclic) bond motifs is 1. The van der Waals surface area contributed by atoms with Gasteiger partial charge in [0.25, 0.3) is 5.69 Å². The molecule has 0 aliphatic carbocycles. The Morgan fingerprint density at radius 1 is 1.12 bits per heavy atom. The van der Waals surface area contributed by atoms with Crippen molar-refractivity contribution < 1.29 is 4.92 Å². The fourth-order valence-electron chi connectivity index (χ4n) is 2.51. The van der Waals surface area contributed by atoms with Gasteiger partial charge in [-0.3, -0.25) is 10.1 Å². The molecule has 4 rings (SSSR count). The Morgan fingerprint density at radius 3 is 2.64 bits per heavy atom. The van der Waals surface area contributed by atoms with Crippen molar-refractivity contribution in [2.75, 3.05) is 0 Å². The van der Waals surface area contributed by atoms with E-state index in [2.05, 4.69) is 9.97 Å². The van der Waals surface area contributed by atoms with Crippen LogP contribution in [0.3, 0.4) is 0 Å². The summed E-state index contributed by atoms with van der Waals surface area (Å²) in [4.78, 5) is 19.5. The van der Waals surface area contributed by atoms with Gasteiger partial charge in [-0.2, -0.15) is 0 Å². The first-order valence-electron chi connectivity index (χ1n) is 7.31. The number of aromatic nitrogens is 3. The molecule has 25 heavy (non-hydrogen) atoms. The Labute approximate surface area is 157 Å². The highest BCUT2D eigenvalue weighted by Gasteiger charge is 2.10. The molecule has 0 atom stereocenters. The largest absolute Gasteiger partial charge is 0.307 e. The zero-order valence-corrected chi connectivity index (χ0v) is 15.4. The predicted molar refractivity (Wildman–Crippen MR) is 103 cm³/mol. The van der Waals surface area contributed by atoms with Gasteiger partial charge in [0.1, 0.15) is 5.65 Å². The molecule has 0 radical (unpaired) electrons. The third-order valence-corrected chi connectivity index (χ3v) is 4.52. The first-order valence-corrected chi connectivity index (χ1v) is 8.19. The Kier molecular flexibility index (Phi) is 4.91. The van der Waals surface area contributed by atoms with Gasteiger partial charge in [0.2, 0.25) is 0 Å². The van der Waals surface area contributed by atoms with E-state index in [0.717, 1.165) is 27.6 Å². The average Bonchev–Trinajstić information content (AvgIpc) is 3.21. The maximum absolute atomic E-state index is 10.7. The van der Waals surface area contributed by atoms with E-state index in [9.17, 15) is 10.1 Å². The van der Waals surface area contributed by atoms with Gasteiger partial charge in [-0.1, -0.05) is 6.07 Å². The fourth-order valence-corrected chi connectivity index (χ4v) is 3.32. The molecule has 126 valence electrons. The van der Waals surface area contributed by atoms with E-state index < -0.39 is 4.92 Å². The molecule has 6 nitrogen and oxygen atoms in total. The van der Waals surface area contributed by atoms with Crippen molar-refractivity contribution in [1.29, 1.82) is 0 Å². The summed E-state index contributed by atoms with van der Waals surface area (Å²) in [6, 6.07) is 12.3. The molecule has 4 aromatic rings. The van der Waals surface area contributed by atoms with Gasteiger partial charge in [-0.15, -0.1) is 28.3 Å². The summed E-state index contributed by atoms with van der Waals surface area (Å²) in [5, 5.41) is 13.6. The van der Waals surface area contributed by atoms with Crippen molar-refractivity contribution in [3.05, 3.63) is 81.1 Å². The third kappa shape index (κ3) is 3.59. The number of nitro groups is 1. The second-order valence-electron chi connectivity index (χ2n) is 5.31. The standard InChI is InChI=1S/C17H12N4O2S.BrH/c22-21(23)14-6-4-12(5-7-14)15-11-24-17(19-15)9-13-10-20-8-2-1-3-16(20)18-13;/h1-8,10-11H,9H2;1H. The Bertz CT molecular complexity index is 994. The van der Waals surface area contributed by atoms with Gasteiger partial charge in [0, 0.05) is 41.9 Å². The molecule has 0 aliphatic heterocycles. The highest BCUT2D eigenvalue weighted by atomic mass is 79.9. The number of benzene rings is 1. The van der Waals surface area contributed by atoms with Gasteiger partial charge in [0.05, 0.1) is 21.3 Å². The number of hydrogen-bond donors (Lipinski definition) is 0. The van der Waals surface area contributed by atoms with E-state index in [4.69, 9.17) is 0 Å². The van der Waals surface area contributed by atoms with Crippen LogP contribution in [-0.2, 0) is 6.42 Å². The maximum Gasteiger partial charge on any atom is 0.269 e. The van der Waals surface area contributed by atoms with Crippen LogP contribution in [0, 0.1) is 10.1 Å². The van der Waals surface area contributed by atoms with Crippen LogP contribution in [0.15, 0.2) is 60.2 Å². The zero-order valence-electron chi connectivity index (χ0n) is 12.9. The van der Waals surface area contributed by atoms with E-state index in [1.165, 1.54) is 12.1 Å². The number of nitrogens with zero attached hydrogens (tertiary/aromatic N) is 4. The van der Waals surface area contributed by atoms with Crippen LogP contribution < -0.4 is 0 Å². The van der Waals surface area contributed by atoms with Crippen molar-refractivity contribution in [2.24, 2.45) is 0 Å². The minimum atomic E-state index is -0.403. The molecule has 8 heteroatoms. The molecule has 3 aromatic heterocycles. The lowest BCUT2D eigenvalue weighted by Crippen LogP contribution is -1.89. The summed E-state index contributed by atoms with van der Waals surface area (Å²) in [6.07, 6.45) is 4.64. The van der Waals surface area contributed by atoms with Crippen LogP contribution in [0.5, 0.6) is 0 Å². The van der Waals surface area contributed by atoms with E-state index in [-0.39, 0.29) is 22.7 Å². The smallest absolute Gasteiger partial charge is 0.269 e. The van der Waals surface area contributed by atoms with Crippen molar-refractivity contribution in [3.63, 3.8) is 0 Å². The van der Waals surface area contributed by atoms with Crippen molar-refractivity contribution in [1.82, 2.24) is 14.4 Å². The fraction of sp³-hybridized carbons (Fsp3) is 0.0588. The number of non-ortho nitro benzene ring substituents is 1. The average molecular weight is 417 g/mol. The predicted octanol–water partition coefficient (Wildman–Crippen LogP) is 4.53. The molecule has 1 aromatic carbocycles. The molecule has 0 bridgehead atoms. The Balaban J connectivity index is 0.00000182. The molecule has 0 fully saturated rings. The summed E-state index contributed by atoms with van der Waals surface area (Å²) in [5.74, 6) is 0. The number of halogens is 1. The van der Waals surface area contributed by atoms with Crippen molar-refractivity contribution >= 4 is 39.7 Å². The maximum atomic E-state index is 10.7. The molecule has 0 aliphatic rings. The molecule has 0 amide bonds. The summed E-state index contributed by atoms with van der Waals surface area (Å²) in [5.41, 5.74) is 3.66. The number of thiazole rings is 1. The highest BCUT2D eigenvalue weighted by molar-refractivity contribution is 8.93. The lowest BCUT2D eigenvalue weighted by Gasteiger charge is -1.96. The Morgan fingerprint density at radius 2 is 1.92 bits per heavy atom. The van der Waals surface area contributed by atoms with Gasteiger partial charge in [-0.05, 0) is 24.3 Å². The zero-order chi connectivity index (χ0) is 16.5. The monoisotopic (exact) mass is 416 g/mol. The van der Waals surface area contributed by atoms with Gasteiger partial charge >= 0.3 is 0 Å². The van der Waals surface area contributed by atoms with Gasteiger partial charge < -0.3 is 4.40 Å². The van der Waals surface area contributed by atoms with Crippen molar-refractivity contribution in [2.45, 2.75) is 6.42 Å². The van der Waals surface area contributed by atoms with Gasteiger partial charge in [0.15, 0.2) is 0 Å². The molecule has 0 spiro atoms. The topological polar surface area (TPSA) is 73.3 Å². The van der Waals surface area contributed by atoms with E-state index in [1.807, 2.05) is 40.4 Å². The van der Waals surface area contributed by atoms with Crippen LogP contribution in [-0.4, -0.2) is 19.3 Å². The van der Waals surface area contributed by atoms with Crippen LogP contribution in [0.1, 0.15) is 10.7 Å². The summed E-state index contributed by atoms with van der Waals surface area (Å²) in [6.45, 7) is 0. The highest BCUT2D eigenvalue weighted by Crippen LogP contribution is 2.25. The number of hydrogen-bond acceptors (Lipinski definition) is 5. The van der Waals surface area contributed by atoms with Crippen molar-refractivity contribution in [3.8, 4) is 11.3 Å².